The number of carbonyl (C=O) groups excluding carboxylic acids is 1. The average Bonchev–Trinajstić information content (AvgIpc) is 3.17. The number of ether oxygens (including phenoxy) is 1. The van der Waals surface area contributed by atoms with Gasteiger partial charge in [0, 0.05) is 33.1 Å². The summed E-state index contributed by atoms with van der Waals surface area (Å²) in [6.07, 6.45) is 5.36. The van der Waals surface area contributed by atoms with E-state index in [4.69, 9.17) is 27.9 Å². The molecular formula is C23H17Cl2N3O2S. The Kier molecular flexibility index (Phi) is 7.85. The molecule has 5 nitrogen and oxygen atoms in total. The van der Waals surface area contributed by atoms with Gasteiger partial charge in [0.2, 0.25) is 0 Å². The second-order valence-electron chi connectivity index (χ2n) is 6.34. The van der Waals surface area contributed by atoms with Crippen LogP contribution in [-0.2, 0) is 11.2 Å². The van der Waals surface area contributed by atoms with E-state index in [-0.39, 0.29) is 12.2 Å². The van der Waals surface area contributed by atoms with Crippen molar-refractivity contribution in [3.8, 4) is 11.8 Å². The molecule has 0 atom stereocenters. The molecule has 31 heavy (non-hydrogen) atoms. The highest BCUT2D eigenvalue weighted by Gasteiger charge is 2.14. The first kappa shape index (κ1) is 22.6. The minimum atomic E-state index is -0.569. The number of anilines is 1. The Morgan fingerprint density at radius 2 is 2.06 bits per heavy atom. The molecule has 1 N–H and O–H groups in total. The van der Waals surface area contributed by atoms with Crippen LogP contribution >= 0.6 is 34.5 Å². The number of nitrogens with zero attached hydrogens (tertiary/aromatic N) is 2. The summed E-state index contributed by atoms with van der Waals surface area (Å²) in [5, 5.41) is 13.7. The zero-order chi connectivity index (χ0) is 22.2. The number of carbonyl (C=O) groups is 1. The van der Waals surface area contributed by atoms with Crippen molar-refractivity contribution in [3.05, 3.63) is 92.9 Å². The lowest BCUT2D eigenvalue weighted by molar-refractivity contribution is -0.112. The standard InChI is InChI=1S/C23H17Cl2N3O2S/c1-2-8-30-21-7-6-19(25)12-16(21)11-17(13-26)22(29)28-23-27-14-20(31-23)10-15-4-3-5-18(24)9-15/h2-7,9,11-12,14H,1,8,10H2,(H,27,28,29)/b17-11+. The number of aromatic nitrogens is 1. The third kappa shape index (κ3) is 6.43. The molecule has 1 amide bonds. The lowest BCUT2D eigenvalue weighted by atomic mass is 10.1. The molecule has 2 aromatic carbocycles. The number of hydrogen-bond donors (Lipinski definition) is 1. The summed E-state index contributed by atoms with van der Waals surface area (Å²) in [4.78, 5) is 17.8. The van der Waals surface area contributed by atoms with Gasteiger partial charge in [0.15, 0.2) is 5.13 Å². The summed E-state index contributed by atoms with van der Waals surface area (Å²) < 4.78 is 5.57. The van der Waals surface area contributed by atoms with Crippen LogP contribution in [0.4, 0.5) is 5.13 Å². The van der Waals surface area contributed by atoms with Gasteiger partial charge in [-0.2, -0.15) is 5.26 Å². The molecule has 1 aromatic heterocycles. The number of benzene rings is 2. The topological polar surface area (TPSA) is 75.0 Å². The van der Waals surface area contributed by atoms with Crippen molar-refractivity contribution < 1.29 is 9.53 Å². The Morgan fingerprint density at radius 1 is 1.26 bits per heavy atom. The fraction of sp³-hybridized carbons (Fsp3) is 0.0870. The molecule has 0 bridgehead atoms. The zero-order valence-electron chi connectivity index (χ0n) is 16.3. The van der Waals surface area contributed by atoms with Gasteiger partial charge in [0.05, 0.1) is 0 Å². The molecule has 8 heteroatoms. The van der Waals surface area contributed by atoms with Gasteiger partial charge in [-0.25, -0.2) is 4.98 Å². The van der Waals surface area contributed by atoms with Crippen molar-refractivity contribution in [2.75, 3.05) is 11.9 Å². The van der Waals surface area contributed by atoms with E-state index in [1.165, 1.54) is 17.4 Å². The molecule has 0 unspecified atom stereocenters. The van der Waals surface area contributed by atoms with E-state index >= 15 is 0 Å². The first-order valence-electron chi connectivity index (χ1n) is 9.14. The summed E-state index contributed by atoms with van der Waals surface area (Å²) in [6.45, 7) is 3.90. The van der Waals surface area contributed by atoms with E-state index in [9.17, 15) is 10.1 Å². The molecule has 3 aromatic rings. The first-order valence-corrected chi connectivity index (χ1v) is 10.7. The average molecular weight is 470 g/mol. The van der Waals surface area contributed by atoms with Crippen LogP contribution in [0.2, 0.25) is 10.0 Å². The van der Waals surface area contributed by atoms with Gasteiger partial charge >= 0.3 is 0 Å². The minimum Gasteiger partial charge on any atom is -0.489 e. The van der Waals surface area contributed by atoms with Gasteiger partial charge in [-0.1, -0.05) is 48.0 Å². The summed E-state index contributed by atoms with van der Waals surface area (Å²) in [7, 11) is 0. The largest absolute Gasteiger partial charge is 0.489 e. The summed E-state index contributed by atoms with van der Waals surface area (Å²) in [5.41, 5.74) is 1.46. The van der Waals surface area contributed by atoms with E-state index in [1.54, 1.807) is 30.5 Å². The van der Waals surface area contributed by atoms with Gasteiger partial charge in [-0.05, 0) is 42.0 Å². The van der Waals surface area contributed by atoms with Crippen LogP contribution < -0.4 is 10.1 Å². The zero-order valence-corrected chi connectivity index (χ0v) is 18.6. The Balaban J connectivity index is 1.75. The second kappa shape index (κ2) is 10.8. The molecular weight excluding hydrogens is 453 g/mol. The number of amides is 1. The summed E-state index contributed by atoms with van der Waals surface area (Å²) in [6, 6.07) is 14.4. The second-order valence-corrected chi connectivity index (χ2v) is 8.33. The third-order valence-electron chi connectivity index (χ3n) is 4.03. The maximum atomic E-state index is 12.6. The lowest BCUT2D eigenvalue weighted by Gasteiger charge is -2.08. The van der Waals surface area contributed by atoms with Crippen molar-refractivity contribution in [3.63, 3.8) is 0 Å². The van der Waals surface area contributed by atoms with E-state index < -0.39 is 5.91 Å². The Bertz CT molecular complexity index is 1180. The Hall–Kier alpha value is -3.11. The van der Waals surface area contributed by atoms with E-state index in [0.717, 1.165) is 10.4 Å². The molecule has 156 valence electrons. The SMILES string of the molecule is C=CCOc1ccc(Cl)cc1/C=C(\C#N)C(=O)Nc1ncc(Cc2cccc(Cl)c2)s1. The molecule has 0 fully saturated rings. The number of rotatable bonds is 8. The van der Waals surface area contributed by atoms with Crippen molar-refractivity contribution in [2.24, 2.45) is 0 Å². The van der Waals surface area contributed by atoms with Gasteiger partial charge < -0.3 is 4.74 Å². The number of nitriles is 1. The molecule has 3 rings (SSSR count). The molecule has 0 saturated carbocycles. The molecule has 0 aliphatic carbocycles. The molecule has 1 heterocycles. The van der Waals surface area contributed by atoms with Crippen LogP contribution in [-0.4, -0.2) is 17.5 Å². The number of halogens is 2. The highest BCUT2D eigenvalue weighted by molar-refractivity contribution is 7.15. The number of thiazole rings is 1. The molecule has 0 saturated heterocycles. The van der Waals surface area contributed by atoms with Crippen LogP contribution in [0.5, 0.6) is 5.75 Å². The summed E-state index contributed by atoms with van der Waals surface area (Å²) >= 11 is 13.4. The number of hydrogen-bond acceptors (Lipinski definition) is 5. The minimum absolute atomic E-state index is 0.0997. The van der Waals surface area contributed by atoms with Crippen molar-refractivity contribution in [1.29, 1.82) is 5.26 Å². The molecule has 0 spiro atoms. The predicted octanol–water partition coefficient (Wildman–Crippen LogP) is 6.15. The van der Waals surface area contributed by atoms with Gasteiger partial charge in [0.1, 0.15) is 24.0 Å². The van der Waals surface area contributed by atoms with Gasteiger partial charge in [-0.3, -0.25) is 10.1 Å². The molecule has 0 radical (unpaired) electrons. The third-order valence-corrected chi connectivity index (χ3v) is 5.42. The van der Waals surface area contributed by atoms with E-state index in [1.807, 2.05) is 30.3 Å². The highest BCUT2D eigenvalue weighted by atomic mass is 35.5. The Morgan fingerprint density at radius 3 is 2.81 bits per heavy atom. The maximum absolute atomic E-state index is 12.6. The molecule has 0 aliphatic heterocycles. The van der Waals surface area contributed by atoms with Crippen molar-refractivity contribution in [2.45, 2.75) is 6.42 Å². The van der Waals surface area contributed by atoms with E-state index in [2.05, 4.69) is 16.9 Å². The Labute approximate surface area is 194 Å². The van der Waals surface area contributed by atoms with Crippen molar-refractivity contribution >= 4 is 51.7 Å². The highest BCUT2D eigenvalue weighted by Crippen LogP contribution is 2.27. The summed E-state index contributed by atoms with van der Waals surface area (Å²) in [5.74, 6) is -0.0799. The van der Waals surface area contributed by atoms with Crippen LogP contribution in [0.15, 0.2) is 66.9 Å². The van der Waals surface area contributed by atoms with Crippen LogP contribution in [0.25, 0.3) is 6.08 Å². The maximum Gasteiger partial charge on any atom is 0.268 e. The number of nitrogens with one attached hydrogen (secondary N) is 1. The normalized spacial score (nSPS) is 10.9. The van der Waals surface area contributed by atoms with Crippen LogP contribution in [0, 0.1) is 11.3 Å². The van der Waals surface area contributed by atoms with Gasteiger partial charge in [0.25, 0.3) is 5.91 Å². The monoisotopic (exact) mass is 469 g/mol. The quantitative estimate of drug-likeness (QED) is 0.243. The first-order chi connectivity index (χ1) is 15.0. The van der Waals surface area contributed by atoms with Crippen LogP contribution in [0.3, 0.4) is 0 Å². The van der Waals surface area contributed by atoms with Gasteiger partial charge in [-0.15, -0.1) is 11.3 Å². The lowest BCUT2D eigenvalue weighted by Crippen LogP contribution is -2.13. The predicted molar refractivity (Wildman–Crippen MR) is 126 cm³/mol. The van der Waals surface area contributed by atoms with Crippen LogP contribution in [0.1, 0.15) is 16.0 Å². The smallest absolute Gasteiger partial charge is 0.268 e. The van der Waals surface area contributed by atoms with Crippen molar-refractivity contribution in [1.82, 2.24) is 4.98 Å². The fourth-order valence-electron chi connectivity index (χ4n) is 2.68. The fourth-order valence-corrected chi connectivity index (χ4v) is 3.91. The van der Waals surface area contributed by atoms with E-state index in [0.29, 0.717) is 32.9 Å². The molecule has 0 aliphatic rings.